The van der Waals surface area contributed by atoms with Crippen LogP contribution < -0.4 is 10.2 Å². The summed E-state index contributed by atoms with van der Waals surface area (Å²) in [6.07, 6.45) is 2.16. The lowest BCUT2D eigenvalue weighted by atomic mass is 10.0. The Morgan fingerprint density at radius 2 is 1.88 bits per heavy atom. The van der Waals surface area contributed by atoms with Crippen molar-refractivity contribution >= 4 is 17.5 Å². The molecule has 0 bridgehead atoms. The highest BCUT2D eigenvalue weighted by Gasteiger charge is 2.20. The van der Waals surface area contributed by atoms with Gasteiger partial charge in [-0.05, 0) is 37.5 Å². The minimum Gasteiger partial charge on any atom is -0.366 e. The predicted octanol–water partition coefficient (Wildman–Crippen LogP) is 4.62. The first-order valence-electron chi connectivity index (χ1n) is 8.89. The summed E-state index contributed by atoms with van der Waals surface area (Å²) < 4.78 is 13.8. The van der Waals surface area contributed by atoms with Gasteiger partial charge in [-0.3, -0.25) is 0 Å². The highest BCUT2D eigenvalue weighted by atomic mass is 19.1. The predicted molar refractivity (Wildman–Crippen MR) is 102 cm³/mol. The van der Waals surface area contributed by atoms with Crippen LogP contribution in [0.1, 0.15) is 23.2 Å². The van der Waals surface area contributed by atoms with E-state index in [1.165, 1.54) is 17.3 Å². The number of nitrogens with zero attached hydrogens (tertiary/aromatic N) is 3. The van der Waals surface area contributed by atoms with Gasteiger partial charge in [0.05, 0.1) is 0 Å². The van der Waals surface area contributed by atoms with Crippen molar-refractivity contribution in [3.8, 4) is 0 Å². The van der Waals surface area contributed by atoms with Gasteiger partial charge >= 0.3 is 0 Å². The third-order valence-electron chi connectivity index (χ3n) is 4.61. The molecule has 0 aliphatic carbocycles. The van der Waals surface area contributed by atoms with Gasteiger partial charge in [-0.15, -0.1) is 0 Å². The molecule has 0 unspecified atom stereocenters. The van der Waals surface area contributed by atoms with Crippen LogP contribution in [0.3, 0.4) is 0 Å². The van der Waals surface area contributed by atoms with Crippen molar-refractivity contribution in [2.45, 2.75) is 26.3 Å². The van der Waals surface area contributed by atoms with E-state index < -0.39 is 0 Å². The van der Waals surface area contributed by atoms with E-state index in [9.17, 15) is 4.39 Å². The summed E-state index contributed by atoms with van der Waals surface area (Å²) in [6.45, 7) is 3.24. The fourth-order valence-electron chi connectivity index (χ4n) is 3.33. The molecule has 0 saturated carbocycles. The number of hydrogen-bond acceptors (Lipinski definition) is 4. The van der Waals surface area contributed by atoms with Gasteiger partial charge in [-0.25, -0.2) is 9.37 Å². The number of para-hydroxylation sites is 1. The molecule has 3 aromatic rings. The SMILES string of the molecule is Cc1cc(NCc2ccccc2F)nc(N2CCCc3ccccc32)n1. The minimum atomic E-state index is -0.212. The zero-order chi connectivity index (χ0) is 17.9. The van der Waals surface area contributed by atoms with Crippen molar-refractivity contribution in [1.29, 1.82) is 0 Å². The number of rotatable bonds is 4. The van der Waals surface area contributed by atoms with Crippen LogP contribution in [0, 0.1) is 12.7 Å². The number of benzene rings is 2. The summed E-state index contributed by atoms with van der Waals surface area (Å²) in [6, 6.07) is 17.1. The number of aromatic nitrogens is 2. The summed E-state index contributed by atoms with van der Waals surface area (Å²) in [5.41, 5.74) is 4.00. The molecule has 0 spiro atoms. The van der Waals surface area contributed by atoms with Gasteiger partial charge in [-0.2, -0.15) is 4.98 Å². The van der Waals surface area contributed by atoms with E-state index in [1.807, 2.05) is 25.1 Å². The Morgan fingerprint density at radius 3 is 2.77 bits per heavy atom. The zero-order valence-corrected chi connectivity index (χ0v) is 14.7. The minimum absolute atomic E-state index is 0.212. The summed E-state index contributed by atoms with van der Waals surface area (Å²) in [7, 11) is 0. The average molecular weight is 348 g/mol. The molecule has 1 aromatic heterocycles. The highest BCUT2D eigenvalue weighted by molar-refractivity contribution is 5.64. The second-order valence-corrected chi connectivity index (χ2v) is 6.52. The lowest BCUT2D eigenvalue weighted by molar-refractivity contribution is 0.613. The smallest absolute Gasteiger partial charge is 0.232 e. The van der Waals surface area contributed by atoms with E-state index in [2.05, 4.69) is 38.4 Å². The quantitative estimate of drug-likeness (QED) is 0.747. The topological polar surface area (TPSA) is 41.1 Å². The molecular weight excluding hydrogens is 327 g/mol. The maximum atomic E-state index is 13.8. The average Bonchev–Trinajstić information content (AvgIpc) is 2.66. The third kappa shape index (κ3) is 3.38. The van der Waals surface area contributed by atoms with Crippen molar-refractivity contribution in [3.05, 3.63) is 77.2 Å². The molecule has 1 aliphatic heterocycles. The number of hydrogen-bond donors (Lipinski definition) is 1. The van der Waals surface area contributed by atoms with E-state index in [0.29, 0.717) is 23.9 Å². The maximum absolute atomic E-state index is 13.8. The second-order valence-electron chi connectivity index (χ2n) is 6.52. The van der Waals surface area contributed by atoms with Gasteiger partial charge in [0.15, 0.2) is 0 Å². The van der Waals surface area contributed by atoms with Crippen LogP contribution in [0.15, 0.2) is 54.6 Å². The first kappa shape index (κ1) is 16.5. The van der Waals surface area contributed by atoms with Crippen LogP contribution in [0.4, 0.5) is 21.8 Å². The van der Waals surface area contributed by atoms with Gasteiger partial charge in [0.1, 0.15) is 11.6 Å². The Bertz CT molecular complexity index is 925. The van der Waals surface area contributed by atoms with Crippen LogP contribution in [0.5, 0.6) is 0 Å². The largest absolute Gasteiger partial charge is 0.366 e. The van der Waals surface area contributed by atoms with Gasteiger partial charge in [0, 0.05) is 36.1 Å². The molecule has 0 atom stereocenters. The van der Waals surface area contributed by atoms with Gasteiger partial charge in [0.25, 0.3) is 0 Å². The van der Waals surface area contributed by atoms with Crippen molar-refractivity contribution in [1.82, 2.24) is 9.97 Å². The van der Waals surface area contributed by atoms with E-state index in [-0.39, 0.29) is 5.82 Å². The molecule has 132 valence electrons. The van der Waals surface area contributed by atoms with Crippen molar-refractivity contribution < 1.29 is 4.39 Å². The van der Waals surface area contributed by atoms with Crippen LogP contribution in [-0.4, -0.2) is 16.5 Å². The van der Waals surface area contributed by atoms with Crippen molar-refractivity contribution in [3.63, 3.8) is 0 Å². The van der Waals surface area contributed by atoms with Gasteiger partial charge in [-0.1, -0.05) is 36.4 Å². The number of aryl methyl sites for hydroxylation is 2. The third-order valence-corrected chi connectivity index (χ3v) is 4.61. The van der Waals surface area contributed by atoms with Crippen LogP contribution in [0.25, 0.3) is 0 Å². The number of nitrogens with one attached hydrogen (secondary N) is 1. The molecule has 0 saturated heterocycles. The Labute approximate surface area is 152 Å². The normalized spacial score (nSPS) is 13.4. The lowest BCUT2D eigenvalue weighted by Gasteiger charge is -2.29. The van der Waals surface area contributed by atoms with Gasteiger partial charge in [0.2, 0.25) is 5.95 Å². The Kier molecular flexibility index (Phi) is 4.52. The Morgan fingerprint density at radius 1 is 1.08 bits per heavy atom. The van der Waals surface area contributed by atoms with Crippen LogP contribution in [-0.2, 0) is 13.0 Å². The molecule has 5 heteroatoms. The molecule has 2 heterocycles. The fourth-order valence-corrected chi connectivity index (χ4v) is 3.33. The fraction of sp³-hybridized carbons (Fsp3) is 0.238. The first-order valence-corrected chi connectivity index (χ1v) is 8.89. The van der Waals surface area contributed by atoms with Crippen LogP contribution >= 0.6 is 0 Å². The maximum Gasteiger partial charge on any atom is 0.232 e. The molecule has 4 nitrogen and oxygen atoms in total. The summed E-state index contributed by atoms with van der Waals surface area (Å²) in [5, 5.41) is 3.23. The number of halogens is 1. The van der Waals surface area contributed by atoms with E-state index in [0.717, 1.165) is 25.1 Å². The second kappa shape index (κ2) is 7.12. The van der Waals surface area contributed by atoms with Crippen LogP contribution in [0.2, 0.25) is 0 Å². The molecule has 2 aromatic carbocycles. The summed E-state index contributed by atoms with van der Waals surface area (Å²) in [4.78, 5) is 11.5. The molecule has 1 N–H and O–H groups in total. The van der Waals surface area contributed by atoms with Crippen molar-refractivity contribution in [2.75, 3.05) is 16.8 Å². The summed E-state index contributed by atoms with van der Waals surface area (Å²) in [5.74, 6) is 1.18. The molecule has 0 radical (unpaired) electrons. The molecule has 0 fully saturated rings. The van der Waals surface area contributed by atoms with Gasteiger partial charge < -0.3 is 10.2 Å². The van der Waals surface area contributed by atoms with E-state index in [1.54, 1.807) is 12.1 Å². The molecule has 26 heavy (non-hydrogen) atoms. The van der Waals surface area contributed by atoms with E-state index >= 15 is 0 Å². The monoisotopic (exact) mass is 348 g/mol. The molecular formula is C21H21FN4. The Balaban J connectivity index is 1.60. The number of fused-ring (bicyclic) bond motifs is 1. The number of anilines is 3. The standard InChI is InChI=1S/C21H21FN4/c1-15-13-20(23-14-17-8-2-4-10-18(17)22)25-21(24-15)26-12-6-9-16-7-3-5-11-19(16)26/h2-5,7-8,10-11,13H,6,9,12,14H2,1H3,(H,23,24,25). The van der Waals surface area contributed by atoms with Crippen molar-refractivity contribution in [2.24, 2.45) is 0 Å². The Hall–Kier alpha value is -2.95. The molecule has 4 rings (SSSR count). The first-order chi connectivity index (χ1) is 12.7. The highest BCUT2D eigenvalue weighted by Crippen LogP contribution is 2.32. The molecule has 1 aliphatic rings. The zero-order valence-electron chi connectivity index (χ0n) is 14.7. The summed E-state index contributed by atoms with van der Waals surface area (Å²) >= 11 is 0. The molecule has 0 amide bonds. The lowest BCUT2D eigenvalue weighted by Crippen LogP contribution is -2.26. The van der Waals surface area contributed by atoms with E-state index in [4.69, 9.17) is 0 Å².